The van der Waals surface area contributed by atoms with Gasteiger partial charge in [0.1, 0.15) is 0 Å². The summed E-state index contributed by atoms with van der Waals surface area (Å²) >= 11 is 0. The van der Waals surface area contributed by atoms with Crippen LogP contribution in [0.4, 0.5) is 0 Å². The molecule has 0 radical (unpaired) electrons. The minimum Gasteiger partial charge on any atom is -0.312 e. The highest BCUT2D eigenvalue weighted by Crippen LogP contribution is 2.22. The fraction of sp³-hybridized carbons (Fsp3) is 0.625. The minimum atomic E-state index is 0.198. The van der Waals surface area contributed by atoms with Crippen LogP contribution >= 0.6 is 0 Å². The van der Waals surface area contributed by atoms with Crippen molar-refractivity contribution in [2.24, 2.45) is 5.41 Å². The third-order valence-electron chi connectivity index (χ3n) is 2.86. The summed E-state index contributed by atoms with van der Waals surface area (Å²) in [5, 5.41) is 3.60. The van der Waals surface area contributed by atoms with E-state index in [0.29, 0.717) is 5.41 Å². The van der Waals surface area contributed by atoms with Crippen LogP contribution in [0.25, 0.3) is 0 Å². The van der Waals surface area contributed by atoms with Crippen molar-refractivity contribution in [3.8, 4) is 0 Å². The Morgan fingerprint density at radius 1 is 1.06 bits per heavy atom. The molecule has 1 rings (SSSR count). The van der Waals surface area contributed by atoms with Crippen molar-refractivity contribution in [3.05, 3.63) is 35.4 Å². The first-order valence-electron chi connectivity index (χ1n) is 6.49. The average molecular weight is 233 g/mol. The van der Waals surface area contributed by atoms with Gasteiger partial charge in [0.15, 0.2) is 0 Å². The maximum absolute atomic E-state index is 3.60. The molecule has 0 amide bonds. The SMILES string of the molecule is Cc1cccc(CC(C)(C)CNC(C)(C)C)c1. The van der Waals surface area contributed by atoms with Crippen molar-refractivity contribution >= 4 is 0 Å². The topological polar surface area (TPSA) is 12.0 Å². The van der Waals surface area contributed by atoms with Crippen LogP contribution in [0.15, 0.2) is 24.3 Å². The molecule has 0 saturated carbocycles. The van der Waals surface area contributed by atoms with Crippen molar-refractivity contribution in [3.63, 3.8) is 0 Å². The number of aryl methyl sites for hydroxylation is 1. The van der Waals surface area contributed by atoms with E-state index in [1.54, 1.807) is 0 Å². The molecule has 0 aliphatic rings. The second kappa shape index (κ2) is 5.22. The van der Waals surface area contributed by atoms with Gasteiger partial charge in [-0.05, 0) is 45.1 Å². The van der Waals surface area contributed by atoms with Crippen LogP contribution in [0.2, 0.25) is 0 Å². The molecule has 0 aromatic heterocycles. The molecule has 1 heteroatoms. The zero-order chi connectivity index (χ0) is 13.1. The lowest BCUT2D eigenvalue weighted by atomic mass is 9.84. The van der Waals surface area contributed by atoms with Gasteiger partial charge < -0.3 is 5.32 Å². The number of rotatable bonds is 4. The normalized spacial score (nSPS) is 12.8. The summed E-state index contributed by atoms with van der Waals surface area (Å²) in [5.74, 6) is 0. The molecule has 0 spiro atoms. The fourth-order valence-electron chi connectivity index (χ4n) is 1.94. The zero-order valence-electron chi connectivity index (χ0n) is 12.2. The van der Waals surface area contributed by atoms with E-state index >= 15 is 0 Å². The first-order valence-corrected chi connectivity index (χ1v) is 6.49. The quantitative estimate of drug-likeness (QED) is 0.830. The molecule has 96 valence electrons. The van der Waals surface area contributed by atoms with Crippen LogP contribution in [0.1, 0.15) is 45.7 Å². The Kier molecular flexibility index (Phi) is 4.37. The molecule has 1 aromatic rings. The second-order valence-corrected chi connectivity index (χ2v) is 6.93. The third kappa shape index (κ3) is 5.88. The van der Waals surface area contributed by atoms with Gasteiger partial charge >= 0.3 is 0 Å². The van der Waals surface area contributed by atoms with Crippen LogP contribution in [0.3, 0.4) is 0 Å². The van der Waals surface area contributed by atoms with Gasteiger partial charge in [-0.3, -0.25) is 0 Å². The summed E-state index contributed by atoms with van der Waals surface area (Å²) in [6.45, 7) is 14.5. The third-order valence-corrected chi connectivity index (χ3v) is 2.86. The molecule has 17 heavy (non-hydrogen) atoms. The van der Waals surface area contributed by atoms with Gasteiger partial charge in [0.05, 0.1) is 0 Å². The van der Waals surface area contributed by atoms with Gasteiger partial charge in [-0.25, -0.2) is 0 Å². The molecule has 1 aromatic carbocycles. The lowest BCUT2D eigenvalue weighted by molar-refractivity contribution is 0.289. The highest BCUT2D eigenvalue weighted by atomic mass is 14.9. The second-order valence-electron chi connectivity index (χ2n) is 6.93. The van der Waals surface area contributed by atoms with Gasteiger partial charge in [0.25, 0.3) is 0 Å². The Bertz CT molecular complexity index is 358. The van der Waals surface area contributed by atoms with E-state index in [0.717, 1.165) is 13.0 Å². The minimum absolute atomic E-state index is 0.198. The Labute approximate surface area is 107 Å². The van der Waals surface area contributed by atoms with Gasteiger partial charge in [-0.15, -0.1) is 0 Å². The lowest BCUT2D eigenvalue weighted by Gasteiger charge is -2.30. The van der Waals surface area contributed by atoms with Crippen LogP contribution in [-0.2, 0) is 6.42 Å². The number of benzene rings is 1. The Morgan fingerprint density at radius 2 is 1.71 bits per heavy atom. The number of nitrogens with one attached hydrogen (secondary N) is 1. The monoisotopic (exact) mass is 233 g/mol. The standard InChI is InChI=1S/C16H27N/c1-13-8-7-9-14(10-13)11-16(5,6)12-17-15(2,3)4/h7-10,17H,11-12H2,1-6H3. The van der Waals surface area contributed by atoms with E-state index < -0.39 is 0 Å². The van der Waals surface area contributed by atoms with Gasteiger partial charge in [0.2, 0.25) is 0 Å². The largest absolute Gasteiger partial charge is 0.312 e. The molecule has 0 aliphatic heterocycles. The molecule has 0 atom stereocenters. The summed E-state index contributed by atoms with van der Waals surface area (Å²) in [4.78, 5) is 0. The molecule has 0 heterocycles. The Balaban J connectivity index is 2.60. The lowest BCUT2D eigenvalue weighted by Crippen LogP contribution is -2.42. The Morgan fingerprint density at radius 3 is 2.24 bits per heavy atom. The summed E-state index contributed by atoms with van der Waals surface area (Å²) in [5.41, 5.74) is 3.28. The molecule has 0 fully saturated rings. The van der Waals surface area contributed by atoms with E-state index in [-0.39, 0.29) is 5.54 Å². The zero-order valence-corrected chi connectivity index (χ0v) is 12.2. The Hall–Kier alpha value is -0.820. The average Bonchev–Trinajstić information content (AvgIpc) is 2.13. The molecule has 0 unspecified atom stereocenters. The number of hydrogen-bond acceptors (Lipinski definition) is 1. The molecule has 1 nitrogen and oxygen atoms in total. The first-order chi connectivity index (χ1) is 7.68. The van der Waals surface area contributed by atoms with Crippen molar-refractivity contribution in [2.45, 2.75) is 53.5 Å². The van der Waals surface area contributed by atoms with Crippen LogP contribution in [0, 0.1) is 12.3 Å². The molecule has 1 N–H and O–H groups in total. The predicted octanol–water partition coefficient (Wildman–Crippen LogP) is 3.95. The van der Waals surface area contributed by atoms with E-state index in [1.165, 1.54) is 11.1 Å². The smallest absolute Gasteiger partial charge is 0.00967 e. The van der Waals surface area contributed by atoms with Crippen molar-refractivity contribution in [1.82, 2.24) is 5.32 Å². The van der Waals surface area contributed by atoms with E-state index in [9.17, 15) is 0 Å². The summed E-state index contributed by atoms with van der Waals surface area (Å²) < 4.78 is 0. The maximum atomic E-state index is 3.60. The fourth-order valence-corrected chi connectivity index (χ4v) is 1.94. The molecule has 0 saturated heterocycles. The molecular weight excluding hydrogens is 206 g/mol. The molecular formula is C16H27N. The van der Waals surface area contributed by atoms with Gasteiger partial charge in [-0.2, -0.15) is 0 Å². The summed E-state index contributed by atoms with van der Waals surface area (Å²) in [6, 6.07) is 8.83. The van der Waals surface area contributed by atoms with Crippen molar-refractivity contribution in [1.29, 1.82) is 0 Å². The maximum Gasteiger partial charge on any atom is 0.00967 e. The van der Waals surface area contributed by atoms with Crippen molar-refractivity contribution < 1.29 is 0 Å². The van der Waals surface area contributed by atoms with Crippen LogP contribution in [0.5, 0.6) is 0 Å². The highest BCUT2D eigenvalue weighted by molar-refractivity contribution is 5.23. The van der Waals surface area contributed by atoms with Crippen LogP contribution < -0.4 is 5.32 Å². The van der Waals surface area contributed by atoms with Gasteiger partial charge in [0, 0.05) is 12.1 Å². The van der Waals surface area contributed by atoms with Gasteiger partial charge in [-0.1, -0.05) is 43.7 Å². The molecule has 0 bridgehead atoms. The van der Waals surface area contributed by atoms with E-state index in [1.807, 2.05) is 0 Å². The number of hydrogen-bond donors (Lipinski definition) is 1. The first kappa shape index (κ1) is 14.2. The van der Waals surface area contributed by atoms with Crippen molar-refractivity contribution in [2.75, 3.05) is 6.54 Å². The molecule has 0 aliphatic carbocycles. The van der Waals surface area contributed by atoms with E-state index in [4.69, 9.17) is 0 Å². The summed E-state index contributed by atoms with van der Waals surface area (Å²) in [7, 11) is 0. The summed E-state index contributed by atoms with van der Waals surface area (Å²) in [6.07, 6.45) is 1.12. The van der Waals surface area contributed by atoms with Crippen LogP contribution in [-0.4, -0.2) is 12.1 Å². The van der Waals surface area contributed by atoms with E-state index in [2.05, 4.69) is 71.1 Å². The highest BCUT2D eigenvalue weighted by Gasteiger charge is 2.21. The predicted molar refractivity (Wildman–Crippen MR) is 76.4 cm³/mol.